The number of nitrogens with zero attached hydrogens (tertiary/aromatic N) is 4. The molecule has 0 bridgehead atoms. The van der Waals surface area contributed by atoms with Crippen molar-refractivity contribution in [3.8, 4) is 0 Å². The summed E-state index contributed by atoms with van der Waals surface area (Å²) >= 11 is 0. The first-order chi connectivity index (χ1) is 53.3. The molecule has 0 spiro atoms. The molecule has 0 aromatic rings. The number of carbonyl (C=O) groups excluding carboxylic acids is 4. The molecule has 6 aliphatic rings. The maximum Gasteiger partial charge on any atom is 0.306 e. The summed E-state index contributed by atoms with van der Waals surface area (Å²) in [4.78, 5) is 55.2. The lowest BCUT2D eigenvalue weighted by atomic mass is 9.79. The topological polar surface area (TPSA) is 112 Å². The zero-order valence-electron chi connectivity index (χ0n) is 77.4. The molecule has 12 nitrogen and oxygen atoms in total. The molecule has 0 saturated heterocycles. The third-order valence-electron chi connectivity index (χ3n) is 30.9. The first kappa shape index (κ1) is 98.5. The Hall–Kier alpha value is -2.28. The van der Waals surface area contributed by atoms with Gasteiger partial charge in [-0.1, -0.05) is 222 Å². The molecule has 22 unspecified atom stereocenters. The Morgan fingerprint density at radius 1 is 0.304 bits per heavy atom. The van der Waals surface area contributed by atoms with Crippen molar-refractivity contribution in [1.29, 1.82) is 0 Å². The molecule has 0 amide bonds. The predicted molar refractivity (Wildman–Crippen MR) is 471 cm³/mol. The molecule has 0 heterocycles. The van der Waals surface area contributed by atoms with Crippen LogP contribution in [0.5, 0.6) is 0 Å². The number of likely N-dealkylation sites (N-methyl/N-ethyl adjacent to an activating group) is 2. The van der Waals surface area contributed by atoms with Gasteiger partial charge in [-0.3, -0.25) is 19.2 Å². The molecule has 112 heavy (non-hydrogen) atoms. The molecule has 0 radical (unpaired) electrons. The van der Waals surface area contributed by atoms with E-state index in [0.717, 1.165) is 167 Å². The monoisotopic (exact) mass is 1570 g/mol. The molecule has 0 aromatic carbocycles. The molecule has 6 rings (SSSR count). The summed E-state index contributed by atoms with van der Waals surface area (Å²) in [5.41, 5.74) is 0. The second-order valence-corrected chi connectivity index (χ2v) is 43.8. The first-order valence-corrected chi connectivity index (χ1v) is 48.8. The summed E-state index contributed by atoms with van der Waals surface area (Å²) in [6.07, 6.45) is 61.4. The Bertz CT molecular complexity index is 2340. The standard InChI is InChI=1S/C100H188N4O8/c1-75(27-19-31-79(5)89-49-45-85(67-89)37-21-29-77(3)65-97(105)111-63-59-103(13,14)15)39-41-83(35-23-33-81(7)91-53-55-95(73-91)93-51-47-87(69-93)71-99(107)109-61-25-57-101(9)10)43-44-84(36-24-34-82(8)92-54-56-96(74-92)94-52-48-88(70-94)72-100(108)110-62-26-58-102(11)12)42-40-76(2)28-20-32-80(6)90-50-46-86(68-90)38-22-30-78(4)66-98(106)112-64-60-104(16,17)18/h75-96H,19-74H2,1-18H3/q+2. The summed E-state index contributed by atoms with van der Waals surface area (Å²) in [5.74, 6) is 17.0. The van der Waals surface area contributed by atoms with Gasteiger partial charge >= 0.3 is 23.9 Å². The quantitative estimate of drug-likeness (QED) is 0.0253. The van der Waals surface area contributed by atoms with Crippen LogP contribution in [0.2, 0.25) is 0 Å². The number of esters is 4. The van der Waals surface area contributed by atoms with E-state index in [-0.39, 0.29) is 23.9 Å². The molecular weight excluding hydrogens is 1390 g/mol. The van der Waals surface area contributed by atoms with E-state index in [1.165, 1.54) is 257 Å². The van der Waals surface area contributed by atoms with Crippen molar-refractivity contribution < 1.29 is 47.1 Å². The highest BCUT2D eigenvalue weighted by Crippen LogP contribution is 2.51. The van der Waals surface area contributed by atoms with Gasteiger partial charge in [0.15, 0.2) is 0 Å². The smallest absolute Gasteiger partial charge is 0.306 e. The van der Waals surface area contributed by atoms with Crippen LogP contribution in [-0.4, -0.2) is 166 Å². The number of carbonyl (C=O) groups is 4. The van der Waals surface area contributed by atoms with Gasteiger partial charge in [0, 0.05) is 38.8 Å². The van der Waals surface area contributed by atoms with Gasteiger partial charge in [-0.15, -0.1) is 0 Å². The highest BCUT2D eigenvalue weighted by Gasteiger charge is 2.40. The molecule has 0 aromatic heterocycles. The molecule has 0 aliphatic heterocycles. The van der Waals surface area contributed by atoms with Crippen molar-refractivity contribution in [2.45, 2.75) is 364 Å². The molecule has 654 valence electrons. The Kier molecular flexibility index (Phi) is 47.0. The van der Waals surface area contributed by atoms with Crippen molar-refractivity contribution in [1.82, 2.24) is 9.80 Å². The van der Waals surface area contributed by atoms with Gasteiger partial charge in [-0.05, 0) is 274 Å². The molecule has 22 atom stereocenters. The SMILES string of the molecule is CC(CCCC(C)C1CCC(CCCC(C)CC(=O)OCC[N+](C)(C)C)C1)CCC(CCCC(C)C1CCC(C2CCC(CC(=O)OCCCN(C)C)C2)C1)CCC(CCCC(C)C1CCC(C2CCC(CC(=O)OCCCN(C)C)C2)C1)CCC(C)CCCC(C)C1CCC(CCCC(C)CC(=O)OCC[N+](C)(C)C)C1. The van der Waals surface area contributed by atoms with Crippen molar-refractivity contribution >= 4 is 23.9 Å². The van der Waals surface area contributed by atoms with E-state index in [1.807, 2.05) is 0 Å². The normalized spacial score (nSPS) is 27.1. The number of ether oxygens (including phenoxy) is 4. The van der Waals surface area contributed by atoms with Gasteiger partial charge in [0.2, 0.25) is 0 Å². The second-order valence-electron chi connectivity index (χ2n) is 43.8. The van der Waals surface area contributed by atoms with Crippen molar-refractivity contribution in [3.05, 3.63) is 0 Å². The van der Waals surface area contributed by atoms with Crippen LogP contribution in [0.3, 0.4) is 0 Å². The van der Waals surface area contributed by atoms with Gasteiger partial charge in [0.05, 0.1) is 55.5 Å². The third kappa shape index (κ3) is 42.1. The third-order valence-corrected chi connectivity index (χ3v) is 30.9. The molecular formula is C100H188N4O8+2. The van der Waals surface area contributed by atoms with Crippen LogP contribution < -0.4 is 0 Å². The first-order valence-electron chi connectivity index (χ1n) is 48.8. The largest absolute Gasteiger partial charge is 0.466 e. The van der Waals surface area contributed by atoms with Crippen LogP contribution in [0.25, 0.3) is 0 Å². The van der Waals surface area contributed by atoms with Crippen LogP contribution in [0.1, 0.15) is 364 Å². The number of quaternary nitrogens is 2. The molecule has 6 saturated carbocycles. The Morgan fingerprint density at radius 2 is 0.607 bits per heavy atom. The van der Waals surface area contributed by atoms with Gasteiger partial charge in [-0.2, -0.15) is 0 Å². The van der Waals surface area contributed by atoms with E-state index in [4.69, 9.17) is 18.9 Å². The zero-order valence-corrected chi connectivity index (χ0v) is 77.4. The maximum absolute atomic E-state index is 12.9. The van der Waals surface area contributed by atoms with Gasteiger partial charge < -0.3 is 37.7 Å². The minimum absolute atomic E-state index is 0.0179. The van der Waals surface area contributed by atoms with Crippen LogP contribution in [-0.2, 0) is 38.1 Å². The molecule has 6 aliphatic carbocycles. The number of rotatable bonds is 61. The fraction of sp³-hybridized carbons (Fsp3) is 0.960. The fourth-order valence-corrected chi connectivity index (χ4v) is 22.9. The van der Waals surface area contributed by atoms with E-state index in [1.54, 1.807) is 0 Å². The maximum atomic E-state index is 12.9. The van der Waals surface area contributed by atoms with Gasteiger partial charge in [-0.25, -0.2) is 0 Å². The summed E-state index contributed by atoms with van der Waals surface area (Å²) in [6.45, 7) is 26.0. The Balaban J connectivity index is 1.01. The van der Waals surface area contributed by atoms with Crippen LogP contribution >= 0.6 is 0 Å². The van der Waals surface area contributed by atoms with E-state index in [0.29, 0.717) is 75.8 Å². The minimum Gasteiger partial charge on any atom is -0.466 e. The van der Waals surface area contributed by atoms with Gasteiger partial charge in [0.1, 0.15) is 26.3 Å². The summed E-state index contributed by atoms with van der Waals surface area (Å²) in [7, 11) is 21.2. The Labute approximate surface area is 693 Å². The van der Waals surface area contributed by atoms with E-state index >= 15 is 0 Å². The van der Waals surface area contributed by atoms with Crippen LogP contribution in [0, 0.1) is 130 Å². The number of hydrogen-bond donors (Lipinski definition) is 0. The number of hydrogen-bond acceptors (Lipinski definition) is 10. The van der Waals surface area contributed by atoms with Gasteiger partial charge in [0.25, 0.3) is 0 Å². The summed E-state index contributed by atoms with van der Waals surface area (Å²) < 4.78 is 24.2. The lowest BCUT2D eigenvalue weighted by Gasteiger charge is -2.26. The molecule has 12 heteroatoms. The highest BCUT2D eigenvalue weighted by molar-refractivity contribution is 5.70. The van der Waals surface area contributed by atoms with Crippen LogP contribution in [0.4, 0.5) is 0 Å². The summed E-state index contributed by atoms with van der Waals surface area (Å²) in [5, 5.41) is 0. The average molecular weight is 1570 g/mol. The highest BCUT2D eigenvalue weighted by atomic mass is 16.5. The van der Waals surface area contributed by atoms with Crippen molar-refractivity contribution in [2.24, 2.45) is 130 Å². The lowest BCUT2D eigenvalue weighted by Crippen LogP contribution is -2.38. The van der Waals surface area contributed by atoms with E-state index in [9.17, 15) is 19.2 Å². The molecule has 0 N–H and O–H groups in total. The molecule has 6 fully saturated rings. The van der Waals surface area contributed by atoms with E-state index in [2.05, 4.69) is 136 Å². The van der Waals surface area contributed by atoms with Crippen molar-refractivity contribution in [2.75, 3.05) is 123 Å². The predicted octanol–water partition coefficient (Wildman–Crippen LogP) is 24.2. The van der Waals surface area contributed by atoms with Crippen molar-refractivity contribution in [3.63, 3.8) is 0 Å². The second kappa shape index (κ2) is 53.4. The fourth-order valence-electron chi connectivity index (χ4n) is 22.9. The summed E-state index contributed by atoms with van der Waals surface area (Å²) in [6, 6.07) is 0. The average Bonchev–Trinajstić information content (AvgIpc) is 1.70. The van der Waals surface area contributed by atoms with E-state index < -0.39 is 0 Å². The van der Waals surface area contributed by atoms with Crippen LogP contribution in [0.15, 0.2) is 0 Å². The Morgan fingerprint density at radius 3 is 0.973 bits per heavy atom. The lowest BCUT2D eigenvalue weighted by molar-refractivity contribution is -0.870. The minimum atomic E-state index is -0.0179. The zero-order chi connectivity index (χ0) is 81.6.